The molecule has 4 aromatic rings. The molecule has 0 radical (unpaired) electrons. The highest BCUT2D eigenvalue weighted by atomic mass is 32.1. The van der Waals surface area contributed by atoms with Gasteiger partial charge in [0.1, 0.15) is 11.6 Å². The van der Waals surface area contributed by atoms with Crippen LogP contribution in [-0.4, -0.2) is 22.7 Å². The van der Waals surface area contributed by atoms with E-state index in [9.17, 15) is 18.8 Å². The lowest BCUT2D eigenvalue weighted by Crippen LogP contribution is -2.16. The van der Waals surface area contributed by atoms with E-state index in [-0.39, 0.29) is 29.5 Å². The molecule has 0 atom stereocenters. The number of rotatable bonds is 7. The van der Waals surface area contributed by atoms with E-state index in [1.807, 2.05) is 6.07 Å². The van der Waals surface area contributed by atoms with Gasteiger partial charge in [-0.2, -0.15) is 0 Å². The number of furan rings is 1. The Morgan fingerprint density at radius 1 is 1.00 bits per heavy atom. The highest BCUT2D eigenvalue weighted by Crippen LogP contribution is 2.22. The Kier molecular flexibility index (Phi) is 6.79. The maximum atomic E-state index is 14.2. The number of aryl methyl sites for hydroxylation is 1. The van der Waals surface area contributed by atoms with Crippen molar-refractivity contribution in [2.75, 3.05) is 16.0 Å². The van der Waals surface area contributed by atoms with Crippen molar-refractivity contribution in [1.82, 2.24) is 4.98 Å². The van der Waals surface area contributed by atoms with Crippen molar-refractivity contribution < 1.29 is 23.2 Å². The number of aromatic nitrogens is 1. The second kappa shape index (κ2) is 10.1. The van der Waals surface area contributed by atoms with E-state index in [0.717, 1.165) is 6.07 Å². The molecule has 2 aromatic carbocycles. The van der Waals surface area contributed by atoms with Gasteiger partial charge in [-0.15, -0.1) is 11.3 Å². The Morgan fingerprint density at radius 2 is 1.79 bits per heavy atom. The number of nitrogens with one attached hydrogen (secondary N) is 3. The molecule has 2 aromatic heterocycles. The zero-order chi connectivity index (χ0) is 24.1. The summed E-state index contributed by atoms with van der Waals surface area (Å²) < 4.78 is 19.3. The number of carbonyl (C=O) groups excluding carboxylic acids is 3. The predicted octanol–water partition coefficient (Wildman–Crippen LogP) is 4.87. The Morgan fingerprint density at radius 3 is 2.53 bits per heavy atom. The fourth-order valence-corrected chi connectivity index (χ4v) is 3.79. The van der Waals surface area contributed by atoms with Crippen molar-refractivity contribution in [3.05, 3.63) is 94.6 Å². The molecule has 3 amide bonds. The molecule has 0 bridgehead atoms. The number of carbonyl (C=O) groups is 3. The molecule has 34 heavy (non-hydrogen) atoms. The Labute approximate surface area is 197 Å². The summed E-state index contributed by atoms with van der Waals surface area (Å²) in [5.41, 5.74) is 1.48. The van der Waals surface area contributed by atoms with Crippen LogP contribution >= 0.6 is 11.3 Å². The van der Waals surface area contributed by atoms with Crippen molar-refractivity contribution in [3.8, 4) is 0 Å². The Hall–Kier alpha value is -4.31. The summed E-state index contributed by atoms with van der Waals surface area (Å²) in [6.07, 6.45) is 1.32. The molecule has 0 unspecified atom stereocenters. The smallest absolute Gasteiger partial charge is 0.259 e. The van der Waals surface area contributed by atoms with Crippen LogP contribution in [0.4, 0.5) is 20.9 Å². The molecular formula is C24H19FN4O4S. The minimum absolute atomic E-state index is 0.0506. The van der Waals surface area contributed by atoms with Crippen molar-refractivity contribution in [1.29, 1.82) is 0 Å². The summed E-state index contributed by atoms with van der Waals surface area (Å²) >= 11 is 1.20. The topological polar surface area (TPSA) is 113 Å². The molecular weight excluding hydrogens is 459 g/mol. The van der Waals surface area contributed by atoms with E-state index in [2.05, 4.69) is 20.9 Å². The number of amides is 3. The molecule has 3 N–H and O–H groups in total. The Balaban J connectivity index is 1.36. The van der Waals surface area contributed by atoms with E-state index in [4.69, 9.17) is 4.42 Å². The minimum Gasteiger partial charge on any atom is -0.469 e. The quantitative estimate of drug-likeness (QED) is 0.351. The van der Waals surface area contributed by atoms with Crippen LogP contribution in [0.2, 0.25) is 0 Å². The first-order valence-electron chi connectivity index (χ1n) is 10.1. The molecule has 0 spiro atoms. The van der Waals surface area contributed by atoms with Crippen molar-refractivity contribution >= 4 is 45.6 Å². The minimum atomic E-state index is -0.647. The average molecular weight is 479 g/mol. The van der Waals surface area contributed by atoms with Crippen LogP contribution in [0.5, 0.6) is 0 Å². The maximum absolute atomic E-state index is 14.2. The van der Waals surface area contributed by atoms with Crippen LogP contribution in [0.3, 0.4) is 0 Å². The van der Waals surface area contributed by atoms with Gasteiger partial charge >= 0.3 is 0 Å². The van der Waals surface area contributed by atoms with Gasteiger partial charge in [0.15, 0.2) is 5.13 Å². The van der Waals surface area contributed by atoms with Gasteiger partial charge in [0.2, 0.25) is 5.91 Å². The molecule has 0 aliphatic carbocycles. The first kappa shape index (κ1) is 22.9. The fourth-order valence-electron chi connectivity index (χ4n) is 3.08. The van der Waals surface area contributed by atoms with Gasteiger partial charge in [-0.1, -0.05) is 18.2 Å². The third kappa shape index (κ3) is 5.54. The van der Waals surface area contributed by atoms with Crippen LogP contribution in [-0.2, 0) is 11.2 Å². The SMILES string of the molecule is Cc1occc1C(=O)Nc1cc(NC(=O)Cc2csc(NC(=O)c3ccccc3)n2)ccc1F. The van der Waals surface area contributed by atoms with Crippen LogP contribution in [0.25, 0.3) is 0 Å². The molecule has 0 saturated heterocycles. The zero-order valence-corrected chi connectivity index (χ0v) is 18.7. The summed E-state index contributed by atoms with van der Waals surface area (Å²) in [6, 6.07) is 14.1. The first-order valence-corrected chi connectivity index (χ1v) is 11.0. The molecule has 0 aliphatic heterocycles. The lowest BCUT2D eigenvalue weighted by Gasteiger charge is -2.09. The summed E-state index contributed by atoms with van der Waals surface area (Å²) in [6.45, 7) is 1.62. The number of thiazole rings is 1. The van der Waals surface area contributed by atoms with Gasteiger partial charge < -0.3 is 15.1 Å². The monoisotopic (exact) mass is 478 g/mol. The molecule has 2 heterocycles. The normalized spacial score (nSPS) is 10.5. The zero-order valence-electron chi connectivity index (χ0n) is 17.9. The molecule has 0 fully saturated rings. The standard InChI is InChI=1S/C24H19FN4O4S/c1-14-18(9-10-33-14)23(32)28-20-11-16(7-8-19(20)25)26-21(30)12-17-13-34-24(27-17)29-22(31)15-5-3-2-4-6-15/h2-11,13H,12H2,1H3,(H,26,30)(H,28,32)(H,27,29,31). The van der Waals surface area contributed by atoms with E-state index >= 15 is 0 Å². The van der Waals surface area contributed by atoms with Crippen molar-refractivity contribution in [3.63, 3.8) is 0 Å². The lowest BCUT2D eigenvalue weighted by molar-refractivity contribution is -0.115. The number of anilines is 3. The largest absolute Gasteiger partial charge is 0.469 e. The summed E-state index contributed by atoms with van der Waals surface area (Å²) in [5, 5.41) is 9.87. The number of halogens is 1. The highest BCUT2D eigenvalue weighted by Gasteiger charge is 2.15. The number of nitrogens with zero attached hydrogens (tertiary/aromatic N) is 1. The van der Waals surface area contributed by atoms with Crippen LogP contribution in [0, 0.1) is 12.7 Å². The lowest BCUT2D eigenvalue weighted by atomic mass is 10.2. The van der Waals surface area contributed by atoms with Gasteiger partial charge in [0, 0.05) is 16.6 Å². The molecule has 0 aliphatic rings. The van der Waals surface area contributed by atoms with E-state index in [1.54, 1.807) is 36.6 Å². The van der Waals surface area contributed by atoms with Crippen molar-refractivity contribution in [2.24, 2.45) is 0 Å². The predicted molar refractivity (Wildman–Crippen MR) is 127 cm³/mol. The number of hydrogen-bond acceptors (Lipinski definition) is 6. The number of hydrogen-bond donors (Lipinski definition) is 3. The van der Waals surface area contributed by atoms with Crippen LogP contribution in [0.15, 0.2) is 70.7 Å². The molecule has 8 nitrogen and oxygen atoms in total. The molecule has 172 valence electrons. The van der Waals surface area contributed by atoms with E-state index in [0.29, 0.717) is 27.8 Å². The fraction of sp³-hybridized carbons (Fsp3) is 0.0833. The highest BCUT2D eigenvalue weighted by molar-refractivity contribution is 7.14. The summed E-state index contributed by atoms with van der Waals surface area (Å²) in [4.78, 5) is 41.3. The summed E-state index contributed by atoms with van der Waals surface area (Å²) in [5.74, 6) is -1.45. The van der Waals surface area contributed by atoms with E-state index < -0.39 is 11.7 Å². The van der Waals surface area contributed by atoms with Gasteiger partial charge in [-0.05, 0) is 43.3 Å². The van der Waals surface area contributed by atoms with Crippen LogP contribution < -0.4 is 16.0 Å². The van der Waals surface area contributed by atoms with Crippen molar-refractivity contribution in [2.45, 2.75) is 13.3 Å². The molecule has 0 saturated carbocycles. The van der Waals surface area contributed by atoms with E-state index in [1.165, 1.54) is 35.8 Å². The van der Waals surface area contributed by atoms with Gasteiger partial charge in [-0.25, -0.2) is 9.37 Å². The third-order valence-electron chi connectivity index (χ3n) is 4.75. The Bertz CT molecular complexity index is 1350. The molecule has 10 heteroatoms. The van der Waals surface area contributed by atoms with Gasteiger partial charge in [-0.3, -0.25) is 19.7 Å². The third-order valence-corrected chi connectivity index (χ3v) is 5.56. The first-order chi connectivity index (χ1) is 16.4. The number of benzene rings is 2. The summed E-state index contributed by atoms with van der Waals surface area (Å²) in [7, 11) is 0. The van der Waals surface area contributed by atoms with Gasteiger partial charge in [0.05, 0.1) is 29.6 Å². The molecule has 4 rings (SSSR count). The second-order valence-corrected chi connectivity index (χ2v) is 8.09. The average Bonchev–Trinajstić information content (AvgIpc) is 3.45. The van der Waals surface area contributed by atoms with Crippen LogP contribution in [0.1, 0.15) is 32.2 Å². The maximum Gasteiger partial charge on any atom is 0.259 e. The second-order valence-electron chi connectivity index (χ2n) is 7.23. The van der Waals surface area contributed by atoms with Gasteiger partial charge in [0.25, 0.3) is 11.8 Å².